The first-order chi connectivity index (χ1) is 8.79. The molecule has 3 saturated carbocycles. The average molecular weight is 264 g/mol. The third-order valence-corrected chi connectivity index (χ3v) is 6.41. The lowest BCUT2D eigenvalue weighted by molar-refractivity contribution is 0.236. The van der Waals surface area contributed by atoms with E-state index in [1.54, 1.807) is 0 Å². The van der Waals surface area contributed by atoms with E-state index in [2.05, 4.69) is 34.6 Å². The molecule has 0 aromatic carbocycles. The van der Waals surface area contributed by atoms with Crippen molar-refractivity contribution < 1.29 is 0 Å². The highest BCUT2D eigenvalue weighted by Crippen LogP contribution is 2.67. The van der Waals surface area contributed by atoms with Crippen molar-refractivity contribution in [2.75, 3.05) is 0 Å². The first kappa shape index (κ1) is 15.4. The van der Waals surface area contributed by atoms with Crippen LogP contribution in [0.4, 0.5) is 0 Å². The van der Waals surface area contributed by atoms with Crippen molar-refractivity contribution in [3.8, 4) is 0 Å². The Labute approximate surface area is 121 Å². The molecule has 0 bridgehead atoms. The molecule has 0 amide bonds. The third kappa shape index (κ3) is 3.99. The van der Waals surface area contributed by atoms with Crippen LogP contribution in [0.5, 0.6) is 0 Å². The molecule has 3 aliphatic rings. The predicted octanol–water partition coefficient (Wildman–Crippen LogP) is 6.59. The Bertz CT molecular complexity index is 285. The van der Waals surface area contributed by atoms with E-state index in [1.807, 2.05) is 0 Å². The molecule has 112 valence electrons. The van der Waals surface area contributed by atoms with E-state index in [0.29, 0.717) is 5.41 Å². The van der Waals surface area contributed by atoms with E-state index in [-0.39, 0.29) is 0 Å². The first-order valence-corrected chi connectivity index (χ1v) is 8.79. The zero-order chi connectivity index (χ0) is 14.1. The Balaban J connectivity index is 0.000000141. The molecule has 0 aromatic rings. The predicted molar refractivity (Wildman–Crippen MR) is 85.3 cm³/mol. The van der Waals surface area contributed by atoms with Crippen molar-refractivity contribution in [1.29, 1.82) is 0 Å². The fourth-order valence-electron chi connectivity index (χ4n) is 3.95. The molecule has 1 spiro atoms. The minimum Gasteiger partial charge on any atom is -0.0628 e. The van der Waals surface area contributed by atoms with Gasteiger partial charge in [-0.05, 0) is 67.1 Å². The van der Waals surface area contributed by atoms with Crippen LogP contribution in [0.2, 0.25) is 0 Å². The summed E-state index contributed by atoms with van der Waals surface area (Å²) in [6.45, 7) is 12.0. The van der Waals surface area contributed by atoms with Gasteiger partial charge >= 0.3 is 0 Å². The summed E-state index contributed by atoms with van der Waals surface area (Å²) in [6.07, 6.45) is 14.9. The highest BCUT2D eigenvalue weighted by Gasteiger charge is 2.56. The monoisotopic (exact) mass is 264 g/mol. The summed E-state index contributed by atoms with van der Waals surface area (Å²) in [5, 5.41) is 0. The normalized spacial score (nSPS) is 28.1. The molecule has 0 heteroatoms. The van der Waals surface area contributed by atoms with Crippen molar-refractivity contribution in [3.05, 3.63) is 0 Å². The zero-order valence-corrected chi connectivity index (χ0v) is 14.1. The van der Waals surface area contributed by atoms with Crippen LogP contribution in [0.15, 0.2) is 0 Å². The van der Waals surface area contributed by atoms with Gasteiger partial charge in [0.25, 0.3) is 0 Å². The van der Waals surface area contributed by atoms with Crippen LogP contribution in [-0.4, -0.2) is 0 Å². The molecular formula is C19H36. The van der Waals surface area contributed by atoms with Gasteiger partial charge in [-0.15, -0.1) is 0 Å². The van der Waals surface area contributed by atoms with E-state index in [0.717, 1.165) is 16.7 Å². The summed E-state index contributed by atoms with van der Waals surface area (Å²) in [7, 11) is 0. The van der Waals surface area contributed by atoms with E-state index in [9.17, 15) is 0 Å². The lowest BCUT2D eigenvalue weighted by Gasteiger charge is -2.26. The van der Waals surface area contributed by atoms with E-state index >= 15 is 0 Å². The molecule has 0 N–H and O–H groups in total. The number of hydrogen-bond acceptors (Lipinski definition) is 0. The van der Waals surface area contributed by atoms with Gasteiger partial charge in [0, 0.05) is 0 Å². The number of rotatable bonds is 4. The molecule has 19 heavy (non-hydrogen) atoms. The van der Waals surface area contributed by atoms with Gasteiger partial charge in [0.2, 0.25) is 0 Å². The maximum Gasteiger partial charge on any atom is -0.0246 e. The molecular weight excluding hydrogens is 228 g/mol. The zero-order valence-electron chi connectivity index (χ0n) is 14.1. The molecule has 0 aromatic heterocycles. The summed E-state index contributed by atoms with van der Waals surface area (Å²) < 4.78 is 0. The van der Waals surface area contributed by atoms with E-state index in [1.165, 1.54) is 64.2 Å². The Morgan fingerprint density at radius 3 is 1.79 bits per heavy atom. The Kier molecular flexibility index (Phi) is 4.38. The summed E-state index contributed by atoms with van der Waals surface area (Å²) >= 11 is 0. The standard InChI is InChI=1S/C10H20.C9H16/c1-9(2)5-4-6-10(3)7-8-10;1-8(2)4-3-5-9(8)6-7-9/h9H,4-8H2,1-3H3;3-7H2,1-2H3. The first-order valence-electron chi connectivity index (χ1n) is 8.79. The smallest absolute Gasteiger partial charge is 0.0246 e. The maximum absolute atomic E-state index is 2.45. The Morgan fingerprint density at radius 2 is 1.47 bits per heavy atom. The van der Waals surface area contributed by atoms with E-state index in [4.69, 9.17) is 0 Å². The largest absolute Gasteiger partial charge is 0.0628 e. The second-order valence-corrected chi connectivity index (χ2v) is 9.11. The van der Waals surface area contributed by atoms with Crippen LogP contribution < -0.4 is 0 Å². The Morgan fingerprint density at radius 1 is 0.842 bits per heavy atom. The van der Waals surface area contributed by atoms with Gasteiger partial charge in [0.15, 0.2) is 0 Å². The number of hydrogen-bond donors (Lipinski definition) is 0. The van der Waals surface area contributed by atoms with Crippen LogP contribution in [0, 0.1) is 22.2 Å². The molecule has 0 aliphatic heterocycles. The SMILES string of the molecule is CC(C)CCCC1(C)CC1.CC1(C)CCCC12CC2. The van der Waals surface area contributed by atoms with Gasteiger partial charge in [0.1, 0.15) is 0 Å². The molecule has 0 saturated heterocycles. The molecule has 3 fully saturated rings. The topological polar surface area (TPSA) is 0 Å². The van der Waals surface area contributed by atoms with Crippen LogP contribution in [0.1, 0.15) is 98.8 Å². The van der Waals surface area contributed by atoms with Crippen LogP contribution in [0.3, 0.4) is 0 Å². The minimum absolute atomic E-state index is 0.701. The van der Waals surface area contributed by atoms with Gasteiger partial charge < -0.3 is 0 Å². The maximum atomic E-state index is 2.45. The Hall–Kier alpha value is 0. The lowest BCUT2D eigenvalue weighted by Crippen LogP contribution is -2.17. The van der Waals surface area contributed by atoms with Crippen LogP contribution >= 0.6 is 0 Å². The summed E-state index contributed by atoms with van der Waals surface area (Å²) in [5.41, 5.74) is 2.33. The van der Waals surface area contributed by atoms with Crippen LogP contribution in [-0.2, 0) is 0 Å². The molecule has 0 heterocycles. The van der Waals surface area contributed by atoms with Crippen molar-refractivity contribution in [2.24, 2.45) is 22.2 Å². The fourth-order valence-corrected chi connectivity index (χ4v) is 3.95. The van der Waals surface area contributed by atoms with Gasteiger partial charge in [-0.3, -0.25) is 0 Å². The highest BCUT2D eigenvalue weighted by molar-refractivity contribution is 5.06. The van der Waals surface area contributed by atoms with Crippen molar-refractivity contribution in [2.45, 2.75) is 98.8 Å². The summed E-state index contributed by atoms with van der Waals surface area (Å²) in [5.74, 6) is 0.905. The highest BCUT2D eigenvalue weighted by atomic mass is 14.6. The summed E-state index contributed by atoms with van der Waals surface area (Å²) in [6, 6.07) is 0. The fraction of sp³-hybridized carbons (Fsp3) is 1.00. The van der Waals surface area contributed by atoms with E-state index < -0.39 is 0 Å². The van der Waals surface area contributed by atoms with Crippen LogP contribution in [0.25, 0.3) is 0 Å². The third-order valence-electron chi connectivity index (χ3n) is 6.41. The summed E-state index contributed by atoms with van der Waals surface area (Å²) in [4.78, 5) is 0. The van der Waals surface area contributed by atoms with Crippen molar-refractivity contribution in [1.82, 2.24) is 0 Å². The van der Waals surface area contributed by atoms with Crippen molar-refractivity contribution >= 4 is 0 Å². The molecule has 0 radical (unpaired) electrons. The second kappa shape index (κ2) is 5.41. The quantitative estimate of drug-likeness (QED) is 0.537. The molecule has 0 unspecified atom stereocenters. The second-order valence-electron chi connectivity index (χ2n) is 9.11. The average Bonchev–Trinajstić information content (AvgIpc) is 3.16. The molecule has 0 nitrogen and oxygen atoms in total. The lowest BCUT2D eigenvalue weighted by atomic mass is 9.79. The van der Waals surface area contributed by atoms with Crippen molar-refractivity contribution in [3.63, 3.8) is 0 Å². The molecule has 0 atom stereocenters. The molecule has 3 rings (SSSR count). The van der Waals surface area contributed by atoms with Gasteiger partial charge in [-0.25, -0.2) is 0 Å². The minimum atomic E-state index is 0.701. The van der Waals surface area contributed by atoms with Gasteiger partial charge in [0.05, 0.1) is 0 Å². The molecule has 3 aliphatic carbocycles. The van der Waals surface area contributed by atoms with Gasteiger partial charge in [-0.2, -0.15) is 0 Å². The van der Waals surface area contributed by atoms with Gasteiger partial charge in [-0.1, -0.05) is 53.9 Å².